The fraction of sp³-hybridized carbons (Fsp3) is 0.800. The maximum atomic E-state index is 2.49. The van der Waals surface area contributed by atoms with Gasteiger partial charge in [-0.25, -0.2) is 0 Å². The maximum absolute atomic E-state index is 2.49. The summed E-state index contributed by atoms with van der Waals surface area (Å²) in [6.45, 7) is 0. The van der Waals surface area contributed by atoms with Crippen molar-refractivity contribution in [3.05, 3.63) is 12.2 Å². The molecule has 2 saturated carbocycles. The first-order chi connectivity index (χ1) is 4.95. The summed E-state index contributed by atoms with van der Waals surface area (Å²) in [4.78, 5) is 0. The third kappa shape index (κ3) is 0.492. The molecular weight excluding hydrogens is 120 g/mol. The number of allylic oxidation sites excluding steroid dienone is 2. The molecule has 0 heterocycles. The van der Waals surface area contributed by atoms with Crippen molar-refractivity contribution in [2.75, 3.05) is 0 Å². The number of rotatable bonds is 0. The summed E-state index contributed by atoms with van der Waals surface area (Å²) in [6, 6.07) is 0. The molecule has 0 N–H and O–H groups in total. The minimum atomic E-state index is 1.03. The van der Waals surface area contributed by atoms with Crippen LogP contribution < -0.4 is 0 Å². The third-order valence-corrected chi connectivity index (χ3v) is 3.92. The second kappa shape index (κ2) is 1.66. The molecule has 0 amide bonds. The van der Waals surface area contributed by atoms with Crippen molar-refractivity contribution in [2.45, 2.75) is 25.7 Å². The average Bonchev–Trinajstić information content (AvgIpc) is 2.60. The van der Waals surface area contributed by atoms with E-state index in [1.165, 1.54) is 12.8 Å². The molecule has 0 nitrogen and oxygen atoms in total. The monoisotopic (exact) mass is 134 g/mol. The Labute approximate surface area is 62.3 Å². The Hall–Kier alpha value is -0.260. The first kappa shape index (κ1) is 5.40. The SMILES string of the molecule is C1=C[C@@H]2[C@H]3CC[C@@H](C3)[C@H]2C1. The molecule has 0 saturated heterocycles. The molecular formula is C10H14. The van der Waals surface area contributed by atoms with Crippen LogP contribution in [-0.2, 0) is 0 Å². The van der Waals surface area contributed by atoms with Crippen LogP contribution >= 0.6 is 0 Å². The molecule has 0 aliphatic heterocycles. The highest BCUT2D eigenvalue weighted by Gasteiger charge is 2.47. The molecule has 0 spiro atoms. The van der Waals surface area contributed by atoms with Crippen molar-refractivity contribution in [3.8, 4) is 0 Å². The lowest BCUT2D eigenvalue weighted by Crippen LogP contribution is -2.16. The largest absolute Gasteiger partial charge is 0.0879 e. The zero-order valence-electron chi connectivity index (χ0n) is 6.29. The van der Waals surface area contributed by atoms with E-state index in [1.807, 2.05) is 0 Å². The van der Waals surface area contributed by atoms with Crippen molar-refractivity contribution in [3.63, 3.8) is 0 Å². The van der Waals surface area contributed by atoms with Gasteiger partial charge in [0.05, 0.1) is 0 Å². The zero-order valence-corrected chi connectivity index (χ0v) is 6.29. The summed E-state index contributed by atoms with van der Waals surface area (Å²) in [6.07, 6.45) is 11.0. The van der Waals surface area contributed by atoms with Gasteiger partial charge in [-0.1, -0.05) is 12.2 Å². The predicted octanol–water partition coefficient (Wildman–Crippen LogP) is 2.61. The third-order valence-electron chi connectivity index (χ3n) is 3.92. The molecule has 0 heteroatoms. The number of fused-ring (bicyclic) bond motifs is 5. The van der Waals surface area contributed by atoms with Gasteiger partial charge in [0.15, 0.2) is 0 Å². The Morgan fingerprint density at radius 2 is 2.00 bits per heavy atom. The van der Waals surface area contributed by atoms with Crippen LogP contribution in [0.4, 0.5) is 0 Å². The van der Waals surface area contributed by atoms with Crippen LogP contribution in [0.15, 0.2) is 12.2 Å². The summed E-state index contributed by atoms with van der Waals surface area (Å²) in [7, 11) is 0. The highest BCUT2D eigenvalue weighted by atomic mass is 14.5. The van der Waals surface area contributed by atoms with Gasteiger partial charge >= 0.3 is 0 Å². The van der Waals surface area contributed by atoms with Crippen molar-refractivity contribution < 1.29 is 0 Å². The Morgan fingerprint density at radius 3 is 2.90 bits per heavy atom. The molecule has 3 aliphatic rings. The van der Waals surface area contributed by atoms with Crippen molar-refractivity contribution >= 4 is 0 Å². The minimum absolute atomic E-state index is 1.03. The topological polar surface area (TPSA) is 0 Å². The molecule has 0 unspecified atom stereocenters. The fourth-order valence-corrected chi connectivity index (χ4v) is 3.50. The quantitative estimate of drug-likeness (QED) is 0.447. The lowest BCUT2D eigenvalue weighted by molar-refractivity contribution is 0.285. The van der Waals surface area contributed by atoms with E-state index in [4.69, 9.17) is 0 Å². The van der Waals surface area contributed by atoms with Gasteiger partial charge in [-0.3, -0.25) is 0 Å². The molecule has 3 aliphatic carbocycles. The van der Waals surface area contributed by atoms with Gasteiger partial charge in [0.1, 0.15) is 0 Å². The van der Waals surface area contributed by atoms with Gasteiger partial charge in [0.2, 0.25) is 0 Å². The van der Waals surface area contributed by atoms with Crippen LogP contribution in [0.2, 0.25) is 0 Å². The van der Waals surface area contributed by atoms with Crippen LogP contribution in [-0.4, -0.2) is 0 Å². The van der Waals surface area contributed by atoms with Gasteiger partial charge in [0, 0.05) is 0 Å². The zero-order chi connectivity index (χ0) is 6.55. The Kier molecular flexibility index (Phi) is 0.898. The number of hydrogen-bond acceptors (Lipinski definition) is 0. The Balaban J connectivity index is 1.97. The van der Waals surface area contributed by atoms with E-state index in [0.717, 1.165) is 23.7 Å². The van der Waals surface area contributed by atoms with Crippen LogP contribution in [0, 0.1) is 23.7 Å². The van der Waals surface area contributed by atoms with Gasteiger partial charge in [-0.15, -0.1) is 0 Å². The Morgan fingerprint density at radius 1 is 1.10 bits per heavy atom. The molecule has 0 radical (unpaired) electrons. The van der Waals surface area contributed by atoms with Crippen LogP contribution in [0.5, 0.6) is 0 Å². The van der Waals surface area contributed by atoms with Crippen molar-refractivity contribution in [1.82, 2.24) is 0 Å². The maximum Gasteiger partial charge on any atom is -0.0171 e. The predicted molar refractivity (Wildman–Crippen MR) is 41.6 cm³/mol. The van der Waals surface area contributed by atoms with Gasteiger partial charge in [0.25, 0.3) is 0 Å². The van der Waals surface area contributed by atoms with E-state index in [9.17, 15) is 0 Å². The number of hydrogen-bond donors (Lipinski definition) is 0. The molecule has 3 rings (SSSR count). The van der Waals surface area contributed by atoms with E-state index in [1.54, 1.807) is 12.8 Å². The summed E-state index contributed by atoms with van der Waals surface area (Å²) in [5, 5.41) is 0. The molecule has 0 aromatic rings. The second-order valence-corrected chi connectivity index (χ2v) is 4.24. The van der Waals surface area contributed by atoms with Gasteiger partial charge < -0.3 is 0 Å². The fourth-order valence-electron chi connectivity index (χ4n) is 3.50. The van der Waals surface area contributed by atoms with E-state index in [0.29, 0.717) is 0 Å². The molecule has 2 bridgehead atoms. The van der Waals surface area contributed by atoms with Crippen molar-refractivity contribution in [1.29, 1.82) is 0 Å². The lowest BCUT2D eigenvalue weighted by Gasteiger charge is -2.23. The highest BCUT2D eigenvalue weighted by molar-refractivity contribution is 5.11. The summed E-state index contributed by atoms with van der Waals surface area (Å²) >= 11 is 0. The normalized spacial score (nSPS) is 56.0. The standard InChI is InChI=1S/C10H14/c1-2-9-7-4-5-8(6-7)10(9)3-1/h1-2,7-10H,3-6H2/t7-,8-,9+,10+/m0/s1. The van der Waals surface area contributed by atoms with Crippen LogP contribution in [0.25, 0.3) is 0 Å². The highest BCUT2D eigenvalue weighted by Crippen LogP contribution is 2.56. The van der Waals surface area contributed by atoms with Crippen molar-refractivity contribution in [2.24, 2.45) is 23.7 Å². The minimum Gasteiger partial charge on any atom is -0.0879 e. The van der Waals surface area contributed by atoms with E-state index in [2.05, 4.69) is 12.2 Å². The smallest absolute Gasteiger partial charge is 0.0171 e. The Bertz CT molecular complexity index is 180. The van der Waals surface area contributed by atoms with Crippen LogP contribution in [0.3, 0.4) is 0 Å². The molecule has 0 aromatic heterocycles. The summed E-state index contributed by atoms with van der Waals surface area (Å²) < 4.78 is 0. The average molecular weight is 134 g/mol. The van der Waals surface area contributed by atoms with Gasteiger partial charge in [-0.2, -0.15) is 0 Å². The van der Waals surface area contributed by atoms with Gasteiger partial charge in [-0.05, 0) is 49.4 Å². The summed E-state index contributed by atoms with van der Waals surface area (Å²) in [5.74, 6) is 4.36. The molecule has 0 aromatic carbocycles. The second-order valence-electron chi connectivity index (χ2n) is 4.24. The molecule has 2 fully saturated rings. The molecule has 10 heavy (non-hydrogen) atoms. The van der Waals surface area contributed by atoms with Crippen LogP contribution in [0.1, 0.15) is 25.7 Å². The van der Waals surface area contributed by atoms with E-state index >= 15 is 0 Å². The molecule has 4 atom stereocenters. The van der Waals surface area contributed by atoms with E-state index in [-0.39, 0.29) is 0 Å². The molecule has 54 valence electrons. The first-order valence-electron chi connectivity index (χ1n) is 4.62. The first-order valence-corrected chi connectivity index (χ1v) is 4.62. The van der Waals surface area contributed by atoms with E-state index < -0.39 is 0 Å². The summed E-state index contributed by atoms with van der Waals surface area (Å²) in [5.41, 5.74) is 0. The lowest BCUT2D eigenvalue weighted by atomic mass is 9.82.